The molecule has 0 unspecified atom stereocenters. The summed E-state index contributed by atoms with van der Waals surface area (Å²) in [4.78, 5) is 24.5. The molecule has 8 nitrogen and oxygen atoms in total. The molecule has 0 saturated carbocycles. The largest absolute Gasteiger partial charge is 0.496 e. The first-order valence-electron chi connectivity index (χ1n) is 9.24. The molecule has 1 aromatic carbocycles. The van der Waals surface area contributed by atoms with E-state index in [1.54, 1.807) is 25.6 Å². The van der Waals surface area contributed by atoms with Crippen LogP contribution >= 0.6 is 22.6 Å². The number of hydrogen-bond acceptors (Lipinski definition) is 7. The van der Waals surface area contributed by atoms with Gasteiger partial charge >= 0.3 is 0 Å². The van der Waals surface area contributed by atoms with E-state index in [0.29, 0.717) is 11.5 Å². The van der Waals surface area contributed by atoms with Crippen molar-refractivity contribution in [3.63, 3.8) is 0 Å². The number of nitrogens with one attached hydrogen (secondary N) is 1. The van der Waals surface area contributed by atoms with E-state index in [1.165, 1.54) is 6.20 Å². The molecule has 2 heterocycles. The van der Waals surface area contributed by atoms with E-state index in [9.17, 15) is 4.79 Å². The monoisotopic (exact) mass is 519 g/mol. The molecule has 0 saturated heterocycles. The Labute approximate surface area is 188 Å². The Morgan fingerprint density at radius 2 is 2.03 bits per heavy atom. The van der Waals surface area contributed by atoms with E-state index in [-0.39, 0.29) is 30.0 Å². The van der Waals surface area contributed by atoms with Crippen LogP contribution in [0.1, 0.15) is 30.9 Å². The van der Waals surface area contributed by atoms with Crippen molar-refractivity contribution in [2.24, 2.45) is 0 Å². The Balaban J connectivity index is 1.76. The number of carbonyl (C=O) groups is 1. The average molecular weight is 519 g/mol. The third-order valence-corrected chi connectivity index (χ3v) is 5.09. The highest BCUT2D eigenvalue weighted by molar-refractivity contribution is 14.1. The van der Waals surface area contributed by atoms with Crippen LogP contribution < -0.4 is 20.5 Å². The van der Waals surface area contributed by atoms with Crippen molar-refractivity contribution in [2.45, 2.75) is 26.2 Å². The Bertz CT molecular complexity index is 1040. The lowest BCUT2D eigenvalue weighted by Gasteiger charge is -2.17. The fourth-order valence-corrected chi connectivity index (χ4v) is 3.40. The first-order chi connectivity index (χ1) is 14.4. The summed E-state index contributed by atoms with van der Waals surface area (Å²) in [5.74, 6) is 1.93. The fraction of sp³-hybridized carbons (Fsp3) is 0.238. The fourth-order valence-electron chi connectivity index (χ4n) is 2.75. The van der Waals surface area contributed by atoms with Gasteiger partial charge in [-0.1, -0.05) is 19.9 Å². The van der Waals surface area contributed by atoms with Crippen molar-refractivity contribution >= 4 is 40.3 Å². The van der Waals surface area contributed by atoms with Crippen LogP contribution in [0, 0.1) is 3.57 Å². The molecule has 3 rings (SSSR count). The molecule has 0 fully saturated rings. The Morgan fingerprint density at radius 3 is 2.67 bits per heavy atom. The normalized spacial score (nSPS) is 10.7. The van der Waals surface area contributed by atoms with Gasteiger partial charge in [0.25, 0.3) is 0 Å². The second-order valence-corrected chi connectivity index (χ2v) is 7.97. The third kappa shape index (κ3) is 5.35. The molecular formula is C21H22IN5O3. The molecule has 156 valence electrons. The molecule has 3 N–H and O–H groups in total. The van der Waals surface area contributed by atoms with Crippen LogP contribution in [-0.2, 0) is 11.2 Å². The van der Waals surface area contributed by atoms with Crippen LogP contribution in [0.2, 0.25) is 0 Å². The molecule has 0 aliphatic carbocycles. The number of carbonyl (C=O) groups excluding carboxylic acids is 1. The van der Waals surface area contributed by atoms with E-state index < -0.39 is 0 Å². The highest BCUT2D eigenvalue weighted by atomic mass is 127. The van der Waals surface area contributed by atoms with Gasteiger partial charge in [0.05, 0.1) is 23.3 Å². The Morgan fingerprint density at radius 1 is 1.23 bits per heavy atom. The molecule has 0 aliphatic heterocycles. The molecule has 0 aliphatic rings. The second kappa shape index (κ2) is 9.70. The molecule has 0 radical (unpaired) electrons. The summed E-state index contributed by atoms with van der Waals surface area (Å²) in [6.45, 7) is 4.13. The number of ether oxygens (including phenoxy) is 2. The van der Waals surface area contributed by atoms with E-state index in [1.807, 2.05) is 18.2 Å². The number of nitrogen functional groups attached to an aromatic ring is 1. The predicted molar refractivity (Wildman–Crippen MR) is 123 cm³/mol. The summed E-state index contributed by atoms with van der Waals surface area (Å²) < 4.78 is 12.3. The maximum absolute atomic E-state index is 12.2. The van der Waals surface area contributed by atoms with Gasteiger partial charge in [0.1, 0.15) is 11.5 Å². The number of rotatable bonds is 7. The summed E-state index contributed by atoms with van der Waals surface area (Å²) in [6, 6.07) is 7.43. The van der Waals surface area contributed by atoms with E-state index in [4.69, 9.17) is 15.2 Å². The van der Waals surface area contributed by atoms with Crippen LogP contribution in [0.15, 0.2) is 42.9 Å². The predicted octanol–water partition coefficient (Wildman–Crippen LogP) is 4.16. The van der Waals surface area contributed by atoms with Crippen LogP contribution in [0.4, 0.5) is 11.8 Å². The zero-order chi connectivity index (χ0) is 21.7. The van der Waals surface area contributed by atoms with Crippen molar-refractivity contribution in [3.8, 4) is 17.2 Å². The number of methoxy groups -OCH3 is 1. The average Bonchev–Trinajstić information content (AvgIpc) is 2.70. The summed E-state index contributed by atoms with van der Waals surface area (Å²) in [7, 11) is 1.63. The Kier molecular flexibility index (Phi) is 7.03. The van der Waals surface area contributed by atoms with Gasteiger partial charge in [-0.05, 0) is 52.3 Å². The smallest absolute Gasteiger partial charge is 0.231 e. The SMILES string of the molecule is COc1cc(C(C)C)c(Oc2cnc(NC(=O)Cc3cccnc3)nc2N)cc1I. The third-order valence-electron chi connectivity index (χ3n) is 4.25. The van der Waals surface area contributed by atoms with Crippen molar-refractivity contribution in [1.82, 2.24) is 15.0 Å². The summed E-state index contributed by atoms with van der Waals surface area (Å²) in [6.07, 6.45) is 4.90. The lowest BCUT2D eigenvalue weighted by Crippen LogP contribution is -2.17. The van der Waals surface area contributed by atoms with Crippen LogP contribution in [0.5, 0.6) is 17.2 Å². The van der Waals surface area contributed by atoms with E-state index >= 15 is 0 Å². The molecule has 9 heteroatoms. The van der Waals surface area contributed by atoms with Gasteiger partial charge in [0.2, 0.25) is 11.9 Å². The molecule has 0 atom stereocenters. The number of hydrogen-bond donors (Lipinski definition) is 2. The molecular weight excluding hydrogens is 497 g/mol. The van der Waals surface area contributed by atoms with Gasteiger partial charge < -0.3 is 15.2 Å². The van der Waals surface area contributed by atoms with Crippen molar-refractivity contribution in [3.05, 3.63) is 57.6 Å². The maximum atomic E-state index is 12.2. The number of amides is 1. The van der Waals surface area contributed by atoms with Crippen molar-refractivity contribution < 1.29 is 14.3 Å². The van der Waals surface area contributed by atoms with Crippen LogP contribution in [0.3, 0.4) is 0 Å². The summed E-state index contributed by atoms with van der Waals surface area (Å²) in [5, 5.41) is 2.63. The first-order valence-corrected chi connectivity index (χ1v) is 10.3. The van der Waals surface area contributed by atoms with Gasteiger partial charge in [-0.25, -0.2) is 4.98 Å². The topological polar surface area (TPSA) is 112 Å². The molecule has 1 amide bonds. The van der Waals surface area contributed by atoms with Gasteiger partial charge in [0, 0.05) is 18.0 Å². The summed E-state index contributed by atoms with van der Waals surface area (Å²) >= 11 is 2.19. The lowest BCUT2D eigenvalue weighted by atomic mass is 10.0. The van der Waals surface area contributed by atoms with Crippen LogP contribution in [-0.4, -0.2) is 28.0 Å². The highest BCUT2D eigenvalue weighted by Crippen LogP contribution is 2.37. The minimum atomic E-state index is -0.261. The number of aromatic nitrogens is 3. The van der Waals surface area contributed by atoms with Crippen LogP contribution in [0.25, 0.3) is 0 Å². The standard InChI is InChI=1S/C21H22IN5O3/c1-12(2)14-8-17(29-3)15(22)9-16(14)30-18-11-25-21(27-20(18)23)26-19(28)7-13-5-4-6-24-10-13/h4-6,8-12H,7H2,1-3H3,(H3,23,25,26,27,28). The van der Waals surface area contributed by atoms with E-state index in [2.05, 4.69) is 56.7 Å². The molecule has 30 heavy (non-hydrogen) atoms. The van der Waals surface area contributed by atoms with Gasteiger partial charge in [-0.2, -0.15) is 4.98 Å². The molecule has 0 bridgehead atoms. The molecule has 2 aromatic heterocycles. The van der Waals surface area contributed by atoms with Gasteiger partial charge in [-0.15, -0.1) is 0 Å². The minimum absolute atomic E-state index is 0.113. The molecule has 0 spiro atoms. The van der Waals surface area contributed by atoms with E-state index in [0.717, 1.165) is 20.4 Å². The number of anilines is 2. The zero-order valence-corrected chi connectivity index (χ0v) is 19.0. The number of nitrogens with two attached hydrogens (primary N) is 1. The number of pyridine rings is 1. The minimum Gasteiger partial charge on any atom is -0.496 e. The van der Waals surface area contributed by atoms with Gasteiger partial charge in [0.15, 0.2) is 11.6 Å². The molecule has 3 aromatic rings. The zero-order valence-electron chi connectivity index (χ0n) is 16.8. The van der Waals surface area contributed by atoms with Gasteiger partial charge in [-0.3, -0.25) is 15.1 Å². The number of halogens is 1. The Hall–Kier alpha value is -2.95. The maximum Gasteiger partial charge on any atom is 0.231 e. The number of nitrogens with zero attached hydrogens (tertiary/aromatic N) is 3. The lowest BCUT2D eigenvalue weighted by molar-refractivity contribution is -0.115. The summed E-state index contributed by atoms with van der Waals surface area (Å²) in [5.41, 5.74) is 7.82. The highest BCUT2D eigenvalue weighted by Gasteiger charge is 2.16. The van der Waals surface area contributed by atoms with Crippen molar-refractivity contribution in [1.29, 1.82) is 0 Å². The quantitative estimate of drug-likeness (QED) is 0.451. The number of benzene rings is 1. The van der Waals surface area contributed by atoms with Crippen molar-refractivity contribution in [2.75, 3.05) is 18.2 Å². The second-order valence-electron chi connectivity index (χ2n) is 6.81. The first kappa shape index (κ1) is 21.8.